The van der Waals surface area contributed by atoms with Crippen LogP contribution >= 0.6 is 0 Å². The van der Waals surface area contributed by atoms with E-state index in [1.54, 1.807) is 0 Å². The van der Waals surface area contributed by atoms with E-state index in [0.717, 1.165) is 0 Å². The van der Waals surface area contributed by atoms with Crippen LogP contribution < -0.4 is 14.8 Å². The Labute approximate surface area is 116 Å². The molecule has 1 aromatic carbocycles. The minimum absolute atomic E-state index is 0.0604. The number of hydrogen-bond acceptors (Lipinski definition) is 4. The van der Waals surface area contributed by atoms with Crippen molar-refractivity contribution in [2.45, 2.75) is 18.9 Å². The third-order valence-electron chi connectivity index (χ3n) is 2.46. The van der Waals surface area contributed by atoms with Gasteiger partial charge in [0.1, 0.15) is 6.61 Å². The Morgan fingerprint density at radius 3 is 2.57 bits per heavy atom. The second-order valence-corrected chi connectivity index (χ2v) is 4.28. The number of fused-ring (bicyclic) bond motifs is 1. The van der Waals surface area contributed by atoms with Crippen molar-refractivity contribution in [3.05, 3.63) is 18.2 Å². The van der Waals surface area contributed by atoms with Crippen LogP contribution in [0.1, 0.15) is 6.42 Å². The summed E-state index contributed by atoms with van der Waals surface area (Å²) in [6.45, 7) is -1.02. The average molecular weight is 313 g/mol. The molecule has 0 unspecified atom stereocenters. The van der Waals surface area contributed by atoms with Crippen molar-refractivity contribution in [3.63, 3.8) is 0 Å². The minimum Gasteiger partial charge on any atom is -0.395 e. The third kappa shape index (κ3) is 4.92. The molecule has 0 bridgehead atoms. The van der Waals surface area contributed by atoms with E-state index in [0.29, 0.717) is 18.7 Å². The van der Waals surface area contributed by atoms with Gasteiger partial charge in [0.15, 0.2) is 11.5 Å². The molecule has 118 valence electrons. The molecule has 0 aromatic heterocycles. The Hall–Kier alpha value is -1.77. The lowest BCUT2D eigenvalue weighted by atomic mass is 10.2. The summed E-state index contributed by atoms with van der Waals surface area (Å²) in [5.74, 6) is -0.169. The van der Waals surface area contributed by atoms with E-state index in [2.05, 4.69) is 19.5 Å². The molecule has 0 saturated carbocycles. The van der Waals surface area contributed by atoms with Crippen molar-refractivity contribution in [2.75, 3.05) is 25.1 Å². The van der Waals surface area contributed by atoms with Crippen LogP contribution in [0.5, 0.6) is 11.5 Å². The van der Waals surface area contributed by atoms with Gasteiger partial charge in [0.05, 0.1) is 0 Å². The van der Waals surface area contributed by atoms with Crippen LogP contribution in [0.2, 0.25) is 0 Å². The van der Waals surface area contributed by atoms with Gasteiger partial charge in [-0.2, -0.15) is 13.2 Å². The molecule has 2 rings (SSSR count). The molecule has 9 heteroatoms. The monoisotopic (exact) mass is 313 g/mol. The average Bonchev–Trinajstić information content (AvgIpc) is 2.65. The first-order chi connectivity index (χ1) is 9.75. The van der Waals surface area contributed by atoms with Crippen LogP contribution in [-0.4, -0.2) is 32.2 Å². The first-order valence-corrected chi connectivity index (χ1v) is 6.03. The zero-order valence-corrected chi connectivity index (χ0v) is 10.7. The molecule has 0 aliphatic carbocycles. The summed E-state index contributed by atoms with van der Waals surface area (Å²) in [6.07, 6.45) is -7.68. The fourth-order valence-corrected chi connectivity index (χ4v) is 1.65. The van der Waals surface area contributed by atoms with E-state index in [4.69, 9.17) is 0 Å². The first kappa shape index (κ1) is 15.6. The molecular formula is C12H12F5NO3. The number of benzene rings is 1. The summed E-state index contributed by atoms with van der Waals surface area (Å²) < 4.78 is 73.9. The van der Waals surface area contributed by atoms with E-state index in [1.807, 2.05) is 0 Å². The maximum absolute atomic E-state index is 12.8. The molecule has 1 N–H and O–H groups in total. The third-order valence-corrected chi connectivity index (χ3v) is 2.46. The molecule has 4 nitrogen and oxygen atoms in total. The second kappa shape index (κ2) is 5.92. The maximum Gasteiger partial charge on any atom is 0.586 e. The van der Waals surface area contributed by atoms with Gasteiger partial charge in [-0.3, -0.25) is 0 Å². The Bertz CT molecular complexity index is 492. The number of anilines is 1. The van der Waals surface area contributed by atoms with Crippen LogP contribution in [0.25, 0.3) is 0 Å². The Morgan fingerprint density at radius 2 is 1.86 bits per heavy atom. The summed E-state index contributed by atoms with van der Waals surface area (Å²) in [5, 5.41) is 2.86. The number of halogens is 5. The Morgan fingerprint density at radius 1 is 1.14 bits per heavy atom. The van der Waals surface area contributed by atoms with Gasteiger partial charge in [0.2, 0.25) is 0 Å². The molecule has 0 amide bonds. The molecule has 1 aromatic rings. The smallest absolute Gasteiger partial charge is 0.395 e. The molecule has 0 fully saturated rings. The summed E-state index contributed by atoms with van der Waals surface area (Å²) in [4.78, 5) is 0. The standard InChI is InChI=1S/C12H12F5NO3/c13-11(14,15)7-19-5-1-4-18-8-2-3-9-10(6-8)21-12(16,17)20-9/h2-3,6,18H,1,4-5,7H2. The molecule has 1 aliphatic heterocycles. The van der Waals surface area contributed by atoms with E-state index >= 15 is 0 Å². The summed E-state index contributed by atoms with van der Waals surface area (Å²) in [6, 6.07) is 4.14. The van der Waals surface area contributed by atoms with Crippen LogP contribution in [0.4, 0.5) is 27.6 Å². The van der Waals surface area contributed by atoms with Gasteiger partial charge in [0, 0.05) is 24.9 Å². The molecule has 0 radical (unpaired) electrons. The lowest BCUT2D eigenvalue weighted by Gasteiger charge is -2.09. The number of nitrogens with one attached hydrogen (secondary N) is 1. The van der Waals surface area contributed by atoms with Crippen molar-refractivity contribution in [1.82, 2.24) is 0 Å². The van der Waals surface area contributed by atoms with Crippen LogP contribution in [0.3, 0.4) is 0 Å². The van der Waals surface area contributed by atoms with Gasteiger partial charge in [0.25, 0.3) is 0 Å². The highest BCUT2D eigenvalue weighted by molar-refractivity contribution is 5.55. The topological polar surface area (TPSA) is 39.7 Å². The predicted molar refractivity (Wildman–Crippen MR) is 62.6 cm³/mol. The predicted octanol–water partition coefficient (Wildman–Crippen LogP) is 3.39. The van der Waals surface area contributed by atoms with E-state index < -0.39 is 19.1 Å². The zero-order valence-electron chi connectivity index (χ0n) is 10.7. The highest BCUT2D eigenvalue weighted by Gasteiger charge is 2.43. The molecule has 0 saturated heterocycles. The second-order valence-electron chi connectivity index (χ2n) is 4.28. The number of ether oxygens (including phenoxy) is 3. The lowest BCUT2D eigenvalue weighted by Crippen LogP contribution is -2.25. The van der Waals surface area contributed by atoms with Gasteiger partial charge < -0.3 is 19.5 Å². The highest BCUT2D eigenvalue weighted by Crippen LogP contribution is 2.42. The molecular weight excluding hydrogens is 301 g/mol. The van der Waals surface area contributed by atoms with Gasteiger partial charge in [-0.05, 0) is 18.6 Å². The van der Waals surface area contributed by atoms with Crippen LogP contribution in [0.15, 0.2) is 18.2 Å². The number of hydrogen-bond donors (Lipinski definition) is 1. The van der Waals surface area contributed by atoms with Gasteiger partial charge in [-0.15, -0.1) is 8.78 Å². The fraction of sp³-hybridized carbons (Fsp3) is 0.500. The quantitative estimate of drug-likeness (QED) is 0.645. The summed E-state index contributed by atoms with van der Waals surface area (Å²) in [5.41, 5.74) is 0.492. The summed E-state index contributed by atoms with van der Waals surface area (Å²) >= 11 is 0. The van der Waals surface area contributed by atoms with Crippen molar-refractivity contribution < 1.29 is 36.2 Å². The molecule has 21 heavy (non-hydrogen) atoms. The van der Waals surface area contributed by atoms with E-state index in [1.165, 1.54) is 18.2 Å². The van der Waals surface area contributed by atoms with Gasteiger partial charge in [-0.25, -0.2) is 0 Å². The lowest BCUT2D eigenvalue weighted by molar-refractivity contribution is -0.286. The van der Waals surface area contributed by atoms with E-state index in [-0.39, 0.29) is 18.1 Å². The Balaban J connectivity index is 1.71. The fourth-order valence-electron chi connectivity index (χ4n) is 1.65. The molecule has 0 atom stereocenters. The SMILES string of the molecule is FC(F)(F)COCCCNc1ccc2c(c1)OC(F)(F)O2. The minimum atomic E-state index is -4.34. The highest BCUT2D eigenvalue weighted by atomic mass is 19.4. The van der Waals surface area contributed by atoms with Crippen molar-refractivity contribution in [1.29, 1.82) is 0 Å². The molecule has 1 aliphatic rings. The first-order valence-electron chi connectivity index (χ1n) is 6.03. The molecule has 0 spiro atoms. The van der Waals surface area contributed by atoms with Crippen molar-refractivity contribution in [2.24, 2.45) is 0 Å². The number of alkyl halides is 5. The van der Waals surface area contributed by atoms with Crippen LogP contribution in [-0.2, 0) is 4.74 Å². The zero-order chi connectivity index (χ0) is 15.5. The van der Waals surface area contributed by atoms with Crippen molar-refractivity contribution >= 4 is 5.69 Å². The van der Waals surface area contributed by atoms with Gasteiger partial charge >= 0.3 is 12.5 Å². The normalized spacial score (nSPS) is 16.0. The van der Waals surface area contributed by atoms with Crippen molar-refractivity contribution in [3.8, 4) is 11.5 Å². The Kier molecular flexibility index (Phi) is 4.40. The largest absolute Gasteiger partial charge is 0.586 e. The molecule has 1 heterocycles. The van der Waals surface area contributed by atoms with Crippen LogP contribution in [0, 0.1) is 0 Å². The summed E-state index contributed by atoms with van der Waals surface area (Å²) in [7, 11) is 0. The maximum atomic E-state index is 12.8. The van der Waals surface area contributed by atoms with E-state index in [9.17, 15) is 22.0 Å². The number of rotatable bonds is 6. The van der Waals surface area contributed by atoms with Gasteiger partial charge in [-0.1, -0.05) is 0 Å².